The number of carbonyl (C=O) groups excluding carboxylic acids is 2. The molecule has 0 aliphatic carbocycles. The van der Waals surface area contributed by atoms with Gasteiger partial charge >= 0.3 is 11.2 Å². The van der Waals surface area contributed by atoms with Crippen molar-refractivity contribution in [3.63, 3.8) is 0 Å². The lowest BCUT2D eigenvalue weighted by Crippen LogP contribution is -2.14. The Morgan fingerprint density at radius 3 is 3.00 bits per heavy atom. The molecule has 1 amide bonds. The molecule has 0 unspecified atom stereocenters. The second-order valence-corrected chi connectivity index (χ2v) is 4.29. The third-order valence-electron chi connectivity index (χ3n) is 2.03. The van der Waals surface area contributed by atoms with Crippen LogP contribution in [0.25, 0.3) is 0 Å². The predicted molar refractivity (Wildman–Crippen MR) is 74.5 cm³/mol. The van der Waals surface area contributed by atoms with Crippen LogP contribution in [0.5, 0.6) is 0 Å². The van der Waals surface area contributed by atoms with Gasteiger partial charge in [-0.15, -0.1) is 0 Å². The molecule has 7 nitrogen and oxygen atoms in total. The number of pyridine rings is 1. The van der Waals surface area contributed by atoms with Crippen molar-refractivity contribution < 1.29 is 23.6 Å². The summed E-state index contributed by atoms with van der Waals surface area (Å²) < 4.78 is 9.81. The van der Waals surface area contributed by atoms with E-state index in [0.717, 1.165) is 0 Å². The van der Waals surface area contributed by atoms with Crippen molar-refractivity contribution in [2.75, 3.05) is 25.1 Å². The van der Waals surface area contributed by atoms with E-state index in [1.54, 1.807) is 19.1 Å². The topological polar surface area (TPSA) is 97.8 Å². The molecule has 1 rings (SSSR count). The van der Waals surface area contributed by atoms with E-state index in [9.17, 15) is 9.59 Å². The number of aromatic nitrogens is 1. The number of nitrogens with zero attached hydrogens (tertiary/aromatic N) is 1. The molecule has 8 heteroatoms. The number of nitrogens with one attached hydrogen (secondary N) is 1. The zero-order valence-corrected chi connectivity index (χ0v) is 11.8. The summed E-state index contributed by atoms with van der Waals surface area (Å²) >= 11 is 0.604. The summed E-state index contributed by atoms with van der Waals surface area (Å²) in [6, 6.07) is 3.14. The molecule has 0 saturated carbocycles. The number of amides is 1. The van der Waals surface area contributed by atoms with E-state index in [1.165, 1.54) is 6.20 Å². The Labute approximate surface area is 120 Å². The third kappa shape index (κ3) is 5.55. The van der Waals surface area contributed by atoms with Crippen molar-refractivity contribution >= 4 is 28.9 Å². The minimum Gasteiger partial charge on any atom is -0.461 e. The second kappa shape index (κ2) is 9.29. The number of anilines is 1. The number of esters is 1. The fourth-order valence-electron chi connectivity index (χ4n) is 1.22. The van der Waals surface area contributed by atoms with Crippen LogP contribution in [0.1, 0.15) is 23.8 Å². The van der Waals surface area contributed by atoms with Crippen LogP contribution in [-0.4, -0.2) is 41.1 Å². The maximum atomic E-state index is 11.6. The Morgan fingerprint density at radius 1 is 1.50 bits per heavy atom. The molecule has 0 bridgehead atoms. The molecule has 0 aliphatic heterocycles. The number of hydrogen-bond acceptors (Lipinski definition) is 7. The predicted octanol–water partition coefficient (Wildman–Crippen LogP) is 1.84. The van der Waals surface area contributed by atoms with Gasteiger partial charge in [-0.25, -0.2) is 9.78 Å². The average Bonchev–Trinajstić information content (AvgIpc) is 2.44. The van der Waals surface area contributed by atoms with Crippen LogP contribution in [0.4, 0.5) is 10.5 Å². The molecule has 0 fully saturated rings. The minimum atomic E-state index is -0.602. The molecule has 1 heterocycles. The standard InChI is InChI=1S/C12H16N2O5S/c1-2-18-11(16)10-9(5-3-6-13-10)14-12(17)20-19-8-4-7-15/h3,5-6,15H,2,4,7-8H2,1H3,(H,14,17). The molecule has 1 aromatic rings. The number of hydrogen-bond donors (Lipinski definition) is 2. The highest BCUT2D eigenvalue weighted by atomic mass is 32.2. The molecular weight excluding hydrogens is 284 g/mol. The molecule has 0 saturated heterocycles. The van der Waals surface area contributed by atoms with Gasteiger partial charge in [-0.2, -0.15) is 0 Å². The fourth-order valence-corrected chi connectivity index (χ4v) is 1.68. The van der Waals surface area contributed by atoms with Crippen molar-refractivity contribution in [1.82, 2.24) is 4.98 Å². The first-order valence-electron chi connectivity index (χ1n) is 6.02. The van der Waals surface area contributed by atoms with E-state index in [4.69, 9.17) is 14.0 Å². The average molecular weight is 300 g/mol. The molecular formula is C12H16N2O5S. The molecule has 0 aliphatic rings. The highest BCUT2D eigenvalue weighted by Crippen LogP contribution is 2.16. The van der Waals surface area contributed by atoms with Crippen LogP contribution in [0.2, 0.25) is 0 Å². The molecule has 0 spiro atoms. The van der Waals surface area contributed by atoms with Gasteiger partial charge in [-0.3, -0.25) is 4.79 Å². The molecule has 0 aromatic carbocycles. The lowest BCUT2D eigenvalue weighted by Gasteiger charge is -2.08. The van der Waals surface area contributed by atoms with E-state index < -0.39 is 11.2 Å². The summed E-state index contributed by atoms with van der Waals surface area (Å²) in [6.45, 7) is 2.16. The van der Waals surface area contributed by atoms with E-state index in [2.05, 4.69) is 10.3 Å². The lowest BCUT2D eigenvalue weighted by molar-refractivity contribution is 0.0521. The number of aliphatic hydroxyl groups is 1. The Kier molecular flexibility index (Phi) is 7.63. The summed E-state index contributed by atoms with van der Waals surface area (Å²) in [7, 11) is 0. The van der Waals surface area contributed by atoms with Crippen molar-refractivity contribution in [2.45, 2.75) is 13.3 Å². The van der Waals surface area contributed by atoms with Gasteiger partial charge in [0.05, 0.1) is 30.9 Å². The Morgan fingerprint density at radius 2 is 2.30 bits per heavy atom. The van der Waals surface area contributed by atoms with Gasteiger partial charge in [-0.05, 0) is 25.5 Å². The Bertz CT molecular complexity index is 455. The number of aliphatic hydroxyl groups excluding tert-OH is 1. The van der Waals surface area contributed by atoms with Crippen LogP contribution in [-0.2, 0) is 8.92 Å². The Hall–Kier alpha value is -1.64. The van der Waals surface area contributed by atoms with Gasteiger partial charge in [0.1, 0.15) is 0 Å². The monoisotopic (exact) mass is 300 g/mol. The van der Waals surface area contributed by atoms with Crippen molar-refractivity contribution in [1.29, 1.82) is 0 Å². The quantitative estimate of drug-likeness (QED) is 0.450. The second-order valence-electron chi connectivity index (χ2n) is 3.51. The third-order valence-corrected chi connectivity index (χ3v) is 2.57. The highest BCUT2D eigenvalue weighted by Gasteiger charge is 2.16. The van der Waals surface area contributed by atoms with E-state index in [1.807, 2.05) is 0 Å². The summed E-state index contributed by atoms with van der Waals surface area (Å²) in [5.74, 6) is -0.602. The van der Waals surface area contributed by atoms with Gasteiger partial charge in [0, 0.05) is 12.8 Å². The van der Waals surface area contributed by atoms with Crippen LogP contribution in [0.15, 0.2) is 18.3 Å². The zero-order valence-electron chi connectivity index (χ0n) is 11.0. The minimum absolute atomic E-state index is 0.00219. The number of ether oxygens (including phenoxy) is 1. The molecule has 2 N–H and O–H groups in total. The molecule has 0 atom stereocenters. The van der Waals surface area contributed by atoms with Crippen molar-refractivity contribution in [2.24, 2.45) is 0 Å². The van der Waals surface area contributed by atoms with Gasteiger partial charge in [0.25, 0.3) is 0 Å². The van der Waals surface area contributed by atoms with E-state index in [-0.39, 0.29) is 31.2 Å². The Balaban J connectivity index is 2.58. The maximum absolute atomic E-state index is 11.6. The van der Waals surface area contributed by atoms with Gasteiger partial charge in [0.2, 0.25) is 0 Å². The van der Waals surface area contributed by atoms with E-state index >= 15 is 0 Å². The first-order valence-corrected chi connectivity index (χ1v) is 6.76. The van der Waals surface area contributed by atoms with Crippen LogP contribution >= 0.6 is 12.0 Å². The van der Waals surface area contributed by atoms with Crippen LogP contribution in [0, 0.1) is 0 Å². The summed E-state index contributed by atoms with van der Waals surface area (Å²) in [5.41, 5.74) is 0.299. The van der Waals surface area contributed by atoms with Crippen LogP contribution in [0.3, 0.4) is 0 Å². The molecule has 1 aromatic heterocycles. The molecule has 110 valence electrons. The first kappa shape index (κ1) is 16.4. The smallest absolute Gasteiger partial charge is 0.359 e. The van der Waals surface area contributed by atoms with Gasteiger partial charge in [0.15, 0.2) is 5.69 Å². The van der Waals surface area contributed by atoms with Gasteiger partial charge in [-0.1, -0.05) is 0 Å². The van der Waals surface area contributed by atoms with Crippen molar-refractivity contribution in [3.8, 4) is 0 Å². The summed E-state index contributed by atoms with van der Waals surface area (Å²) in [4.78, 5) is 27.1. The normalized spacial score (nSPS) is 10.1. The molecule has 20 heavy (non-hydrogen) atoms. The molecule has 0 radical (unpaired) electrons. The summed E-state index contributed by atoms with van der Waals surface area (Å²) in [6.07, 6.45) is 1.88. The zero-order chi connectivity index (χ0) is 14.8. The SMILES string of the molecule is CCOC(=O)c1ncccc1NC(=O)SOCCCO. The van der Waals surface area contributed by atoms with Crippen LogP contribution < -0.4 is 5.32 Å². The van der Waals surface area contributed by atoms with Gasteiger partial charge < -0.3 is 19.3 Å². The lowest BCUT2D eigenvalue weighted by atomic mass is 10.3. The number of carbonyl (C=O) groups is 2. The highest BCUT2D eigenvalue weighted by molar-refractivity contribution is 8.09. The van der Waals surface area contributed by atoms with E-state index in [0.29, 0.717) is 18.5 Å². The summed E-state index contributed by atoms with van der Waals surface area (Å²) in [5, 5.41) is 10.6. The maximum Gasteiger partial charge on any atom is 0.359 e. The fraction of sp³-hybridized carbons (Fsp3) is 0.417. The largest absolute Gasteiger partial charge is 0.461 e. The van der Waals surface area contributed by atoms with Crippen molar-refractivity contribution in [3.05, 3.63) is 24.0 Å². The first-order chi connectivity index (χ1) is 9.69. The number of rotatable bonds is 7.